The largest absolute Gasteiger partial charge is 0.354 e. The third-order valence-electron chi connectivity index (χ3n) is 2.97. The number of aromatic nitrogens is 2. The highest BCUT2D eigenvalue weighted by molar-refractivity contribution is 6.31. The van der Waals surface area contributed by atoms with Crippen LogP contribution >= 0.6 is 24.0 Å². The van der Waals surface area contributed by atoms with Gasteiger partial charge in [0.25, 0.3) is 0 Å². The van der Waals surface area contributed by atoms with E-state index in [-0.39, 0.29) is 12.4 Å². The number of hydrogen-bond acceptors (Lipinski definition) is 1. The lowest BCUT2D eigenvalue weighted by molar-refractivity contribution is 1.30. The van der Waals surface area contributed by atoms with Crippen molar-refractivity contribution in [1.82, 2.24) is 9.97 Å². The fourth-order valence-electron chi connectivity index (χ4n) is 2.11. The van der Waals surface area contributed by atoms with Crippen LogP contribution < -0.4 is 0 Å². The fraction of sp³-hybridized carbons (Fsp3) is 0.0714. The molecular formula is C14H12Cl2N2. The number of H-pyrrole nitrogens is 1. The molecule has 2 heterocycles. The van der Waals surface area contributed by atoms with Gasteiger partial charge in [0.1, 0.15) is 0 Å². The van der Waals surface area contributed by atoms with Crippen molar-refractivity contribution in [2.24, 2.45) is 0 Å². The molecule has 0 fully saturated rings. The summed E-state index contributed by atoms with van der Waals surface area (Å²) < 4.78 is 0. The molecule has 0 amide bonds. The Morgan fingerprint density at radius 1 is 1.22 bits per heavy atom. The van der Waals surface area contributed by atoms with E-state index < -0.39 is 0 Å². The summed E-state index contributed by atoms with van der Waals surface area (Å²) in [5.41, 5.74) is 4.49. The molecule has 0 aliphatic carbocycles. The minimum Gasteiger partial charge on any atom is -0.354 e. The second-order valence-corrected chi connectivity index (χ2v) is 4.49. The van der Waals surface area contributed by atoms with Gasteiger partial charge in [-0.2, -0.15) is 0 Å². The minimum atomic E-state index is 0. The molecular weight excluding hydrogens is 267 g/mol. The van der Waals surface area contributed by atoms with E-state index in [1.807, 2.05) is 36.5 Å². The minimum absolute atomic E-state index is 0. The van der Waals surface area contributed by atoms with Crippen LogP contribution in [0.3, 0.4) is 0 Å². The van der Waals surface area contributed by atoms with Gasteiger partial charge in [0.05, 0.1) is 5.69 Å². The van der Waals surface area contributed by atoms with Gasteiger partial charge in [0, 0.05) is 33.9 Å². The third kappa shape index (κ3) is 2.09. The Hall–Kier alpha value is -1.51. The summed E-state index contributed by atoms with van der Waals surface area (Å²) >= 11 is 5.99. The van der Waals surface area contributed by atoms with Crippen LogP contribution in [0.15, 0.2) is 42.7 Å². The number of aromatic amines is 1. The van der Waals surface area contributed by atoms with Crippen molar-refractivity contribution in [2.45, 2.75) is 6.92 Å². The molecule has 0 radical (unpaired) electrons. The number of nitrogens with zero attached hydrogens (tertiary/aromatic N) is 1. The Labute approximate surface area is 116 Å². The van der Waals surface area contributed by atoms with Crippen molar-refractivity contribution in [3.05, 3.63) is 53.3 Å². The van der Waals surface area contributed by atoms with Crippen LogP contribution in [-0.2, 0) is 0 Å². The fourth-order valence-corrected chi connectivity index (χ4v) is 2.28. The highest BCUT2D eigenvalue weighted by Gasteiger charge is 2.09. The van der Waals surface area contributed by atoms with Gasteiger partial charge in [0.15, 0.2) is 0 Å². The number of hydrogen-bond donors (Lipinski definition) is 1. The van der Waals surface area contributed by atoms with Crippen molar-refractivity contribution in [3.63, 3.8) is 0 Å². The first-order valence-corrected chi connectivity index (χ1v) is 5.82. The smallest absolute Gasteiger partial charge is 0.0510 e. The van der Waals surface area contributed by atoms with E-state index in [9.17, 15) is 0 Å². The summed E-state index contributed by atoms with van der Waals surface area (Å²) in [5.74, 6) is 0. The number of fused-ring (bicyclic) bond motifs is 1. The summed E-state index contributed by atoms with van der Waals surface area (Å²) in [5, 5.41) is 1.95. The van der Waals surface area contributed by atoms with E-state index in [2.05, 4.69) is 16.9 Å². The van der Waals surface area contributed by atoms with Crippen LogP contribution in [0.4, 0.5) is 0 Å². The third-order valence-corrected chi connectivity index (χ3v) is 3.21. The van der Waals surface area contributed by atoms with Gasteiger partial charge in [-0.3, -0.25) is 4.98 Å². The molecule has 4 heteroatoms. The Morgan fingerprint density at radius 3 is 2.78 bits per heavy atom. The maximum Gasteiger partial charge on any atom is 0.0510 e. The van der Waals surface area contributed by atoms with E-state index in [1.165, 1.54) is 10.9 Å². The monoisotopic (exact) mass is 278 g/mol. The van der Waals surface area contributed by atoms with Crippen molar-refractivity contribution < 1.29 is 0 Å². The van der Waals surface area contributed by atoms with E-state index in [0.29, 0.717) is 0 Å². The van der Waals surface area contributed by atoms with Gasteiger partial charge in [0.2, 0.25) is 0 Å². The van der Waals surface area contributed by atoms with Crippen molar-refractivity contribution >= 4 is 34.9 Å². The standard InChI is InChI=1S/C14H11ClN2.ClH/c1-9-12-5-4-11(15)7-13(12)17-14(9)10-3-2-6-16-8-10;/h2-8,17H,1H3;1H. The normalized spacial score (nSPS) is 10.3. The van der Waals surface area contributed by atoms with Gasteiger partial charge >= 0.3 is 0 Å². The molecule has 0 atom stereocenters. The molecule has 2 nitrogen and oxygen atoms in total. The van der Waals surface area contributed by atoms with Gasteiger partial charge in [-0.15, -0.1) is 12.4 Å². The molecule has 92 valence electrons. The van der Waals surface area contributed by atoms with E-state index >= 15 is 0 Å². The Morgan fingerprint density at radius 2 is 2.06 bits per heavy atom. The molecule has 1 aromatic carbocycles. The van der Waals surface area contributed by atoms with E-state index in [0.717, 1.165) is 21.8 Å². The highest BCUT2D eigenvalue weighted by atomic mass is 35.5. The van der Waals surface area contributed by atoms with E-state index in [4.69, 9.17) is 11.6 Å². The number of benzene rings is 1. The molecule has 0 saturated carbocycles. The van der Waals surface area contributed by atoms with Crippen molar-refractivity contribution in [3.8, 4) is 11.3 Å². The van der Waals surface area contributed by atoms with Crippen LogP contribution in [0, 0.1) is 6.92 Å². The Balaban J connectivity index is 0.00000120. The second-order valence-electron chi connectivity index (χ2n) is 4.06. The molecule has 18 heavy (non-hydrogen) atoms. The van der Waals surface area contributed by atoms with Gasteiger partial charge < -0.3 is 4.98 Å². The lowest BCUT2D eigenvalue weighted by Crippen LogP contribution is -1.81. The zero-order valence-corrected chi connectivity index (χ0v) is 11.3. The highest BCUT2D eigenvalue weighted by Crippen LogP contribution is 2.30. The van der Waals surface area contributed by atoms with Crippen molar-refractivity contribution in [2.75, 3.05) is 0 Å². The predicted molar refractivity (Wildman–Crippen MR) is 78.5 cm³/mol. The van der Waals surface area contributed by atoms with Gasteiger partial charge in [-0.25, -0.2) is 0 Å². The number of halogens is 2. The van der Waals surface area contributed by atoms with Gasteiger partial charge in [-0.1, -0.05) is 17.7 Å². The molecule has 1 N–H and O–H groups in total. The van der Waals surface area contributed by atoms with Crippen LogP contribution in [0.25, 0.3) is 22.2 Å². The number of nitrogens with one attached hydrogen (secondary N) is 1. The van der Waals surface area contributed by atoms with Crippen LogP contribution in [0.5, 0.6) is 0 Å². The zero-order chi connectivity index (χ0) is 11.8. The molecule has 0 spiro atoms. The lowest BCUT2D eigenvalue weighted by Gasteiger charge is -1.98. The molecule has 3 aromatic rings. The molecule has 2 aromatic heterocycles. The molecule has 0 unspecified atom stereocenters. The van der Waals surface area contributed by atoms with E-state index in [1.54, 1.807) is 6.20 Å². The lowest BCUT2D eigenvalue weighted by atomic mass is 10.1. The number of pyridine rings is 1. The van der Waals surface area contributed by atoms with Crippen LogP contribution in [0.1, 0.15) is 5.56 Å². The molecule has 0 saturated heterocycles. The average Bonchev–Trinajstić information content (AvgIpc) is 2.67. The summed E-state index contributed by atoms with van der Waals surface area (Å²) in [6.45, 7) is 2.11. The van der Waals surface area contributed by atoms with Crippen LogP contribution in [-0.4, -0.2) is 9.97 Å². The topological polar surface area (TPSA) is 28.7 Å². The summed E-state index contributed by atoms with van der Waals surface area (Å²) in [7, 11) is 0. The second kappa shape index (κ2) is 5.01. The SMILES string of the molecule is Cc1c(-c2cccnc2)[nH]c2cc(Cl)ccc12.Cl. The molecule has 0 bridgehead atoms. The Kier molecular flexibility index (Phi) is 3.60. The van der Waals surface area contributed by atoms with Crippen LogP contribution in [0.2, 0.25) is 5.02 Å². The number of rotatable bonds is 1. The first kappa shape index (κ1) is 12.9. The van der Waals surface area contributed by atoms with Crippen molar-refractivity contribution in [1.29, 1.82) is 0 Å². The predicted octanol–water partition coefficient (Wildman–Crippen LogP) is 4.61. The summed E-state index contributed by atoms with van der Waals surface area (Å²) in [6.07, 6.45) is 3.64. The van der Waals surface area contributed by atoms with Gasteiger partial charge in [-0.05, 0) is 36.8 Å². The molecule has 0 aliphatic rings. The zero-order valence-electron chi connectivity index (χ0n) is 9.77. The summed E-state index contributed by atoms with van der Waals surface area (Å²) in [4.78, 5) is 7.54. The first-order chi connectivity index (χ1) is 8.25. The Bertz CT molecular complexity index is 675. The quantitative estimate of drug-likeness (QED) is 0.692. The summed E-state index contributed by atoms with van der Waals surface area (Å²) in [6, 6.07) is 9.89. The maximum atomic E-state index is 5.99. The molecule has 0 aliphatic heterocycles. The first-order valence-electron chi connectivity index (χ1n) is 5.44. The average molecular weight is 279 g/mol. The number of aryl methyl sites for hydroxylation is 1. The molecule has 3 rings (SSSR count). The maximum absolute atomic E-state index is 5.99.